The van der Waals surface area contributed by atoms with Crippen LogP contribution in [0.4, 0.5) is 0 Å². The summed E-state index contributed by atoms with van der Waals surface area (Å²) >= 11 is 0. The van der Waals surface area contributed by atoms with Crippen molar-refractivity contribution in [1.82, 2.24) is 15.5 Å². The molecule has 1 aromatic rings. The van der Waals surface area contributed by atoms with Crippen LogP contribution in [0, 0.1) is 5.92 Å². The topological polar surface area (TPSA) is 60.2 Å². The first-order valence-corrected chi connectivity index (χ1v) is 8.00. The highest BCUT2D eigenvalue weighted by Gasteiger charge is 2.30. The van der Waals surface area contributed by atoms with Gasteiger partial charge in [0, 0.05) is 25.7 Å². The van der Waals surface area contributed by atoms with Crippen LogP contribution < -0.4 is 5.32 Å². The molecule has 0 amide bonds. The highest BCUT2D eigenvalue weighted by molar-refractivity contribution is 5.02. The maximum Gasteiger partial charge on any atom is 0.231 e. The molecule has 1 N–H and O–H groups in total. The van der Waals surface area contributed by atoms with Gasteiger partial charge in [0.2, 0.25) is 5.89 Å². The summed E-state index contributed by atoms with van der Waals surface area (Å²) in [6.07, 6.45) is 6.95. The number of ether oxygens (including phenoxy) is 1. The van der Waals surface area contributed by atoms with Crippen LogP contribution in [0.3, 0.4) is 0 Å². The Morgan fingerprint density at radius 3 is 2.95 bits per heavy atom. The first kappa shape index (κ1) is 14.0. The lowest BCUT2D eigenvalue weighted by Crippen LogP contribution is -2.37. The van der Waals surface area contributed by atoms with Crippen molar-refractivity contribution in [1.29, 1.82) is 0 Å². The van der Waals surface area contributed by atoms with E-state index in [-0.39, 0.29) is 0 Å². The smallest absolute Gasteiger partial charge is 0.231 e. The van der Waals surface area contributed by atoms with E-state index in [2.05, 4.69) is 22.4 Å². The molecule has 1 saturated carbocycles. The predicted octanol–water partition coefficient (Wildman–Crippen LogP) is 2.28. The highest BCUT2D eigenvalue weighted by atomic mass is 16.5. The van der Waals surface area contributed by atoms with Gasteiger partial charge in [-0.25, -0.2) is 0 Å². The number of nitrogens with one attached hydrogen (secondary N) is 1. The van der Waals surface area contributed by atoms with Crippen molar-refractivity contribution in [2.75, 3.05) is 19.8 Å². The summed E-state index contributed by atoms with van der Waals surface area (Å²) in [4.78, 5) is 4.66. The molecule has 0 bridgehead atoms. The van der Waals surface area contributed by atoms with E-state index in [1.54, 1.807) is 0 Å². The monoisotopic (exact) mass is 279 g/mol. The van der Waals surface area contributed by atoms with Crippen LogP contribution in [0.1, 0.15) is 56.7 Å². The van der Waals surface area contributed by atoms with Crippen LogP contribution >= 0.6 is 0 Å². The predicted molar refractivity (Wildman–Crippen MR) is 75.6 cm³/mol. The molecule has 1 aromatic heterocycles. The molecule has 112 valence electrons. The molecule has 3 rings (SSSR count). The van der Waals surface area contributed by atoms with Crippen LogP contribution in [0.5, 0.6) is 0 Å². The summed E-state index contributed by atoms with van der Waals surface area (Å²) in [6.45, 7) is 4.88. The molecule has 2 fully saturated rings. The SMILES string of the molecule is CCNC1CCCCC1c1nc(CC2CCOC2)no1. The van der Waals surface area contributed by atoms with E-state index in [0.29, 0.717) is 17.9 Å². The van der Waals surface area contributed by atoms with Crippen molar-refractivity contribution in [2.24, 2.45) is 5.92 Å². The first-order valence-electron chi connectivity index (χ1n) is 8.00. The van der Waals surface area contributed by atoms with Gasteiger partial charge in [-0.15, -0.1) is 0 Å². The Labute approximate surface area is 120 Å². The summed E-state index contributed by atoms with van der Waals surface area (Å²) in [5, 5.41) is 7.75. The lowest BCUT2D eigenvalue weighted by atomic mass is 9.84. The van der Waals surface area contributed by atoms with Crippen molar-refractivity contribution in [3.8, 4) is 0 Å². The van der Waals surface area contributed by atoms with Gasteiger partial charge in [-0.1, -0.05) is 24.9 Å². The number of hydrogen-bond acceptors (Lipinski definition) is 5. The molecule has 20 heavy (non-hydrogen) atoms. The highest BCUT2D eigenvalue weighted by Crippen LogP contribution is 2.32. The Morgan fingerprint density at radius 2 is 2.15 bits per heavy atom. The zero-order valence-corrected chi connectivity index (χ0v) is 12.3. The normalized spacial score (nSPS) is 30.8. The average Bonchev–Trinajstić information content (AvgIpc) is 3.12. The maximum atomic E-state index is 5.55. The molecule has 0 spiro atoms. The third kappa shape index (κ3) is 3.20. The van der Waals surface area contributed by atoms with Crippen molar-refractivity contribution < 1.29 is 9.26 Å². The largest absolute Gasteiger partial charge is 0.381 e. The Kier molecular flexibility index (Phi) is 4.68. The minimum atomic E-state index is 0.393. The molecule has 0 aromatic carbocycles. The second-order valence-electron chi connectivity index (χ2n) is 6.04. The molecule has 5 nitrogen and oxygen atoms in total. The van der Waals surface area contributed by atoms with Gasteiger partial charge in [0.25, 0.3) is 0 Å². The van der Waals surface area contributed by atoms with Crippen molar-refractivity contribution in [3.63, 3.8) is 0 Å². The molecule has 2 heterocycles. The maximum absolute atomic E-state index is 5.55. The second-order valence-corrected chi connectivity index (χ2v) is 6.04. The fourth-order valence-corrected chi connectivity index (χ4v) is 3.44. The molecule has 1 saturated heterocycles. The summed E-state index contributed by atoms with van der Waals surface area (Å²) in [6, 6.07) is 0.497. The molecule has 0 radical (unpaired) electrons. The number of hydrogen-bond donors (Lipinski definition) is 1. The van der Waals surface area contributed by atoms with E-state index in [4.69, 9.17) is 9.26 Å². The standard InChI is InChI=1S/C15H25N3O2/c1-2-16-13-6-4-3-5-12(13)15-17-14(18-20-15)9-11-7-8-19-10-11/h11-13,16H,2-10H2,1H3. The quantitative estimate of drug-likeness (QED) is 0.896. The molecular weight excluding hydrogens is 254 g/mol. The number of likely N-dealkylation sites (N-methyl/N-ethyl adjacent to an activating group) is 1. The minimum Gasteiger partial charge on any atom is -0.381 e. The zero-order valence-electron chi connectivity index (χ0n) is 12.3. The molecule has 1 aliphatic carbocycles. The third-order valence-electron chi connectivity index (χ3n) is 4.53. The van der Waals surface area contributed by atoms with E-state index in [9.17, 15) is 0 Å². The fourth-order valence-electron chi connectivity index (χ4n) is 3.44. The second kappa shape index (κ2) is 6.68. The Morgan fingerprint density at radius 1 is 1.25 bits per heavy atom. The van der Waals surface area contributed by atoms with Crippen LogP contribution in [0.25, 0.3) is 0 Å². The van der Waals surface area contributed by atoms with Gasteiger partial charge in [-0.2, -0.15) is 4.98 Å². The Hall–Kier alpha value is -0.940. The molecule has 2 aliphatic rings. The number of rotatable bonds is 5. The van der Waals surface area contributed by atoms with Crippen LogP contribution in [-0.4, -0.2) is 35.9 Å². The van der Waals surface area contributed by atoms with Gasteiger partial charge in [0.15, 0.2) is 5.82 Å². The van der Waals surface area contributed by atoms with E-state index in [1.807, 2.05) is 0 Å². The van der Waals surface area contributed by atoms with Gasteiger partial charge in [-0.3, -0.25) is 0 Å². The van der Waals surface area contributed by atoms with Crippen molar-refractivity contribution >= 4 is 0 Å². The van der Waals surface area contributed by atoms with Gasteiger partial charge < -0.3 is 14.6 Å². The van der Waals surface area contributed by atoms with Gasteiger partial charge in [0.1, 0.15) is 0 Å². The summed E-state index contributed by atoms with van der Waals surface area (Å²) in [5.41, 5.74) is 0. The number of aromatic nitrogens is 2. The molecular formula is C15H25N3O2. The van der Waals surface area contributed by atoms with Crippen molar-refractivity contribution in [3.05, 3.63) is 11.7 Å². The van der Waals surface area contributed by atoms with Crippen molar-refractivity contribution in [2.45, 2.75) is 57.4 Å². The van der Waals surface area contributed by atoms with Gasteiger partial charge >= 0.3 is 0 Å². The van der Waals surface area contributed by atoms with E-state index in [0.717, 1.165) is 50.7 Å². The minimum absolute atomic E-state index is 0.393. The summed E-state index contributed by atoms with van der Waals surface area (Å²) in [7, 11) is 0. The van der Waals surface area contributed by atoms with E-state index in [1.165, 1.54) is 19.3 Å². The lowest BCUT2D eigenvalue weighted by molar-refractivity contribution is 0.185. The summed E-state index contributed by atoms with van der Waals surface area (Å²) in [5.74, 6) is 2.65. The van der Waals surface area contributed by atoms with E-state index < -0.39 is 0 Å². The average molecular weight is 279 g/mol. The summed E-state index contributed by atoms with van der Waals surface area (Å²) < 4.78 is 11.0. The van der Waals surface area contributed by atoms with E-state index >= 15 is 0 Å². The molecule has 3 atom stereocenters. The first-order chi connectivity index (χ1) is 9.86. The lowest BCUT2D eigenvalue weighted by Gasteiger charge is -2.29. The molecule has 3 unspecified atom stereocenters. The van der Waals surface area contributed by atoms with Crippen LogP contribution in [0.15, 0.2) is 4.52 Å². The van der Waals surface area contributed by atoms with Gasteiger partial charge in [-0.05, 0) is 31.7 Å². The zero-order chi connectivity index (χ0) is 13.8. The Balaban J connectivity index is 1.64. The van der Waals surface area contributed by atoms with Crippen LogP contribution in [-0.2, 0) is 11.2 Å². The third-order valence-corrected chi connectivity index (χ3v) is 4.53. The molecule has 5 heteroatoms. The fraction of sp³-hybridized carbons (Fsp3) is 0.867. The number of nitrogens with zero attached hydrogens (tertiary/aromatic N) is 2. The Bertz CT molecular complexity index is 413. The van der Waals surface area contributed by atoms with Gasteiger partial charge in [0.05, 0.1) is 5.92 Å². The van der Waals surface area contributed by atoms with Crippen LogP contribution in [0.2, 0.25) is 0 Å². The molecule has 1 aliphatic heterocycles.